The second-order valence-electron chi connectivity index (χ2n) is 2.90. The Kier molecular flexibility index (Phi) is 3.58. The molecule has 1 aromatic rings. The van der Waals surface area contributed by atoms with Crippen molar-refractivity contribution in [2.75, 3.05) is 0 Å². The third kappa shape index (κ3) is 2.54. The summed E-state index contributed by atoms with van der Waals surface area (Å²) in [5, 5.41) is 17.7. The highest BCUT2D eigenvalue weighted by molar-refractivity contribution is 5.33. The molecule has 0 fully saturated rings. The van der Waals surface area contributed by atoms with Gasteiger partial charge in [0, 0.05) is 0 Å². The van der Waals surface area contributed by atoms with Crippen molar-refractivity contribution >= 4 is 0 Å². The van der Waals surface area contributed by atoms with Crippen molar-refractivity contribution in [2.45, 2.75) is 19.3 Å². The Hall–Kier alpha value is -1.93. The van der Waals surface area contributed by atoms with Crippen LogP contribution < -0.4 is 0 Å². The van der Waals surface area contributed by atoms with Crippen LogP contribution in [0.25, 0.3) is 0 Å². The van der Waals surface area contributed by atoms with Crippen molar-refractivity contribution < 1.29 is 5.11 Å². The smallest absolute Gasteiger partial charge is 0.115 e. The van der Waals surface area contributed by atoms with Gasteiger partial charge in [-0.05, 0) is 24.6 Å². The van der Waals surface area contributed by atoms with Crippen LogP contribution in [-0.4, -0.2) is 5.11 Å². The molecule has 0 aliphatic rings. The largest absolute Gasteiger partial charge is 0.508 e. The second-order valence-corrected chi connectivity index (χ2v) is 2.90. The van der Waals surface area contributed by atoms with Gasteiger partial charge < -0.3 is 5.11 Å². The summed E-state index contributed by atoms with van der Waals surface area (Å²) in [6, 6.07) is 8.90. The topological polar surface area (TPSA) is 44.0 Å². The predicted molar refractivity (Wildman–Crippen MR) is 54.5 cm³/mol. The molecule has 0 heterocycles. The van der Waals surface area contributed by atoms with Crippen LogP contribution in [0, 0.1) is 23.2 Å². The summed E-state index contributed by atoms with van der Waals surface area (Å²) in [6.45, 7) is 1.75. The third-order valence-corrected chi connectivity index (χ3v) is 1.91. The molecule has 1 rings (SSSR count). The summed E-state index contributed by atoms with van der Waals surface area (Å²) < 4.78 is 0. The van der Waals surface area contributed by atoms with Gasteiger partial charge in [-0.1, -0.05) is 18.1 Å². The van der Waals surface area contributed by atoms with Gasteiger partial charge in [0.2, 0.25) is 0 Å². The van der Waals surface area contributed by atoms with Crippen LogP contribution in [0.1, 0.15) is 24.8 Å². The van der Waals surface area contributed by atoms with Gasteiger partial charge in [-0.25, -0.2) is 0 Å². The average molecular weight is 185 g/mol. The molecular formula is C12H11NO. The molecule has 0 bridgehead atoms. The highest BCUT2D eigenvalue weighted by atomic mass is 16.3. The molecule has 0 saturated heterocycles. The van der Waals surface area contributed by atoms with Gasteiger partial charge in [-0.3, -0.25) is 0 Å². The number of rotatable bonds is 2. The van der Waals surface area contributed by atoms with Gasteiger partial charge in [-0.15, -0.1) is 5.92 Å². The standard InChI is InChI=1S/C12H11NO/c1-2-3-10(8-9-13)11-4-6-12(14)7-5-11/h4-7,10,14H,8H2,1H3/t10-/m0/s1. The van der Waals surface area contributed by atoms with Crippen LogP contribution in [0.3, 0.4) is 0 Å². The lowest BCUT2D eigenvalue weighted by molar-refractivity contribution is 0.475. The summed E-state index contributed by atoms with van der Waals surface area (Å²) in [7, 11) is 0. The molecule has 0 aliphatic heterocycles. The van der Waals surface area contributed by atoms with Crippen molar-refractivity contribution in [2.24, 2.45) is 0 Å². The van der Waals surface area contributed by atoms with E-state index >= 15 is 0 Å². The molecule has 0 unspecified atom stereocenters. The molecule has 2 heteroatoms. The molecule has 0 aliphatic carbocycles. The van der Waals surface area contributed by atoms with Gasteiger partial charge in [0.05, 0.1) is 18.4 Å². The van der Waals surface area contributed by atoms with Crippen molar-refractivity contribution in [1.29, 1.82) is 5.26 Å². The summed E-state index contributed by atoms with van der Waals surface area (Å²) in [6.07, 6.45) is 0.381. The normalized spacial score (nSPS) is 10.9. The van der Waals surface area contributed by atoms with Crippen molar-refractivity contribution in [1.82, 2.24) is 0 Å². The van der Waals surface area contributed by atoms with Crippen LogP contribution in [0.15, 0.2) is 24.3 Å². The van der Waals surface area contributed by atoms with Crippen molar-refractivity contribution in [3.63, 3.8) is 0 Å². The molecule has 0 radical (unpaired) electrons. The zero-order chi connectivity index (χ0) is 10.4. The van der Waals surface area contributed by atoms with E-state index in [1.165, 1.54) is 0 Å². The molecule has 1 N–H and O–H groups in total. The first-order chi connectivity index (χ1) is 6.77. The van der Waals surface area contributed by atoms with Crippen molar-refractivity contribution in [3.8, 4) is 23.7 Å². The lowest BCUT2D eigenvalue weighted by Crippen LogP contribution is -1.93. The van der Waals surface area contributed by atoms with E-state index in [2.05, 4.69) is 17.9 Å². The van der Waals surface area contributed by atoms with Crippen LogP contribution in [0.4, 0.5) is 0 Å². The SMILES string of the molecule is CC#C[C@@H](CC#N)c1ccc(O)cc1. The van der Waals surface area contributed by atoms with E-state index in [1.807, 2.05) is 0 Å². The maximum absolute atomic E-state index is 9.10. The summed E-state index contributed by atoms with van der Waals surface area (Å²) in [5.74, 6) is 5.95. The van der Waals surface area contributed by atoms with Gasteiger partial charge in [0.15, 0.2) is 0 Å². The number of phenolic OH excluding ortho intramolecular Hbond substituents is 1. The number of hydrogen-bond acceptors (Lipinski definition) is 2. The number of nitriles is 1. The van der Waals surface area contributed by atoms with Gasteiger partial charge in [-0.2, -0.15) is 5.26 Å². The molecule has 70 valence electrons. The second kappa shape index (κ2) is 4.94. The fourth-order valence-electron chi connectivity index (χ4n) is 1.22. The maximum Gasteiger partial charge on any atom is 0.115 e. The number of hydrogen-bond donors (Lipinski definition) is 1. The van der Waals surface area contributed by atoms with Gasteiger partial charge >= 0.3 is 0 Å². The fourth-order valence-corrected chi connectivity index (χ4v) is 1.22. The van der Waals surface area contributed by atoms with E-state index in [0.29, 0.717) is 6.42 Å². The van der Waals surface area contributed by atoms with Gasteiger partial charge in [0.1, 0.15) is 5.75 Å². The first-order valence-corrected chi connectivity index (χ1v) is 4.36. The van der Waals surface area contributed by atoms with E-state index in [9.17, 15) is 0 Å². The summed E-state index contributed by atoms with van der Waals surface area (Å²) in [4.78, 5) is 0. The van der Waals surface area contributed by atoms with E-state index < -0.39 is 0 Å². The van der Waals surface area contributed by atoms with Crippen LogP contribution in [-0.2, 0) is 0 Å². The Morgan fingerprint density at radius 2 is 2.00 bits per heavy atom. The summed E-state index contributed by atoms with van der Waals surface area (Å²) in [5.41, 5.74) is 0.971. The predicted octanol–water partition coefficient (Wildman–Crippen LogP) is 2.41. The van der Waals surface area contributed by atoms with Crippen LogP contribution >= 0.6 is 0 Å². The Morgan fingerprint density at radius 1 is 1.36 bits per heavy atom. The highest BCUT2D eigenvalue weighted by Crippen LogP contribution is 2.20. The zero-order valence-corrected chi connectivity index (χ0v) is 7.99. The lowest BCUT2D eigenvalue weighted by atomic mass is 9.97. The molecule has 0 amide bonds. The maximum atomic E-state index is 9.10. The minimum Gasteiger partial charge on any atom is -0.508 e. The Morgan fingerprint density at radius 3 is 2.50 bits per heavy atom. The molecule has 2 nitrogen and oxygen atoms in total. The Labute approximate surface area is 83.8 Å². The third-order valence-electron chi connectivity index (χ3n) is 1.91. The number of aromatic hydroxyl groups is 1. The molecule has 14 heavy (non-hydrogen) atoms. The molecular weight excluding hydrogens is 174 g/mol. The Balaban J connectivity index is 2.92. The van der Waals surface area contributed by atoms with E-state index in [-0.39, 0.29) is 11.7 Å². The molecule has 0 spiro atoms. The first-order valence-electron chi connectivity index (χ1n) is 4.36. The highest BCUT2D eigenvalue weighted by Gasteiger charge is 2.07. The Bertz CT molecular complexity index is 389. The summed E-state index contributed by atoms with van der Waals surface area (Å²) >= 11 is 0. The lowest BCUT2D eigenvalue weighted by Gasteiger charge is -2.06. The zero-order valence-electron chi connectivity index (χ0n) is 7.99. The molecule has 1 aromatic carbocycles. The van der Waals surface area contributed by atoms with Crippen LogP contribution in [0.2, 0.25) is 0 Å². The molecule has 0 saturated carbocycles. The first kappa shape index (κ1) is 10.2. The van der Waals surface area contributed by atoms with E-state index in [1.54, 1.807) is 31.2 Å². The number of phenols is 1. The van der Waals surface area contributed by atoms with Crippen molar-refractivity contribution in [3.05, 3.63) is 29.8 Å². The van der Waals surface area contributed by atoms with E-state index in [4.69, 9.17) is 10.4 Å². The number of benzene rings is 1. The van der Waals surface area contributed by atoms with Gasteiger partial charge in [0.25, 0.3) is 0 Å². The minimum absolute atomic E-state index is 0.0504. The van der Waals surface area contributed by atoms with E-state index in [0.717, 1.165) is 5.56 Å². The molecule has 1 atom stereocenters. The molecule has 0 aromatic heterocycles. The average Bonchev–Trinajstić information content (AvgIpc) is 2.19. The fraction of sp³-hybridized carbons (Fsp3) is 0.250. The van der Waals surface area contributed by atoms with Crippen LogP contribution in [0.5, 0.6) is 5.75 Å². The quantitative estimate of drug-likeness (QED) is 0.719. The number of nitrogens with zero attached hydrogens (tertiary/aromatic N) is 1. The minimum atomic E-state index is -0.0504. The monoisotopic (exact) mass is 185 g/mol.